The fourth-order valence-electron chi connectivity index (χ4n) is 1.89. The van der Waals surface area contributed by atoms with E-state index in [1.807, 2.05) is 37.1 Å². The number of azo groups is 1. The van der Waals surface area contributed by atoms with Gasteiger partial charge in [0, 0.05) is 19.3 Å². The van der Waals surface area contributed by atoms with E-state index in [-0.39, 0.29) is 6.61 Å². The van der Waals surface area contributed by atoms with E-state index in [0.29, 0.717) is 18.1 Å². The highest BCUT2D eigenvalue weighted by atomic mass is 32.3. The Kier molecular flexibility index (Phi) is 6.31. The second kappa shape index (κ2) is 8.24. The van der Waals surface area contributed by atoms with Crippen molar-refractivity contribution in [2.75, 3.05) is 25.1 Å². The monoisotopic (exact) mass is 371 g/mol. The van der Waals surface area contributed by atoms with Gasteiger partial charge in [0.05, 0.1) is 12.3 Å². The normalized spacial score (nSPS) is 12.0. The van der Waals surface area contributed by atoms with Crippen molar-refractivity contribution < 1.29 is 17.2 Å². The van der Waals surface area contributed by atoms with Crippen molar-refractivity contribution in [3.63, 3.8) is 0 Å². The maximum Gasteiger partial charge on any atom is 0.397 e. The van der Waals surface area contributed by atoms with Gasteiger partial charge in [-0.15, -0.1) is 20.4 Å². The van der Waals surface area contributed by atoms with E-state index in [4.69, 9.17) is 4.55 Å². The van der Waals surface area contributed by atoms with Crippen LogP contribution in [0.2, 0.25) is 0 Å². The van der Waals surface area contributed by atoms with Crippen LogP contribution in [-0.2, 0) is 14.6 Å². The lowest BCUT2D eigenvalue weighted by Gasteiger charge is -2.19. The molecule has 0 amide bonds. The molecule has 2 aromatic rings. The Balaban J connectivity index is 1.93. The summed E-state index contributed by atoms with van der Waals surface area (Å²) in [7, 11) is -2.49. The van der Waals surface area contributed by atoms with Crippen molar-refractivity contribution in [1.29, 1.82) is 0 Å². The molecule has 0 radical (unpaired) electrons. The number of nitrogens with zero attached hydrogens (tertiary/aromatic N) is 5. The number of hydrogen-bond acceptors (Lipinski definition) is 9. The summed E-state index contributed by atoms with van der Waals surface area (Å²) in [5.41, 5.74) is 4.22. The second-order valence-electron chi connectivity index (χ2n) is 4.92. The van der Waals surface area contributed by atoms with E-state index < -0.39 is 10.4 Å². The van der Waals surface area contributed by atoms with Crippen LogP contribution >= 0.6 is 11.3 Å². The average molecular weight is 371 g/mol. The predicted molar refractivity (Wildman–Crippen MR) is 90.7 cm³/mol. The van der Waals surface area contributed by atoms with Gasteiger partial charge in [0.2, 0.25) is 0 Å². The van der Waals surface area contributed by atoms with Gasteiger partial charge < -0.3 is 4.90 Å². The molecule has 0 unspecified atom stereocenters. The molecule has 1 aromatic heterocycles. The van der Waals surface area contributed by atoms with E-state index in [0.717, 1.165) is 16.9 Å². The first-order valence-electron chi connectivity index (χ1n) is 6.97. The zero-order chi connectivity index (χ0) is 17.6. The van der Waals surface area contributed by atoms with Gasteiger partial charge in [0.15, 0.2) is 0 Å². The Bertz CT molecular complexity index is 793. The van der Waals surface area contributed by atoms with Crippen LogP contribution in [-0.4, -0.2) is 43.4 Å². The molecule has 2 rings (SSSR count). The van der Waals surface area contributed by atoms with Crippen LogP contribution < -0.4 is 4.90 Å². The number of benzene rings is 1. The number of aromatic nitrogens is 2. The molecular weight excluding hydrogens is 354 g/mol. The standard InChI is InChI=1S/C13H17N5O4S2/c1-10-8-11(18(2)6-3-7-22-24(19,20)21)4-5-12(10)15-17-13-16-14-9-23-13/h4-5,8-9H,3,6-7H2,1-2H3,(H,19,20,21). The summed E-state index contributed by atoms with van der Waals surface area (Å²) in [6.45, 7) is 2.42. The first-order chi connectivity index (χ1) is 11.3. The Hall–Kier alpha value is -1.95. The van der Waals surface area contributed by atoms with E-state index in [9.17, 15) is 8.42 Å². The molecule has 0 atom stereocenters. The highest BCUT2D eigenvalue weighted by Crippen LogP contribution is 2.26. The fourth-order valence-corrected chi connectivity index (χ4v) is 2.59. The Morgan fingerprint density at radius 2 is 2.17 bits per heavy atom. The summed E-state index contributed by atoms with van der Waals surface area (Å²) in [5, 5.41) is 16.1. The van der Waals surface area contributed by atoms with Gasteiger partial charge in [-0.1, -0.05) is 11.3 Å². The molecule has 0 saturated heterocycles. The van der Waals surface area contributed by atoms with E-state index in [1.165, 1.54) is 11.3 Å². The molecule has 130 valence electrons. The van der Waals surface area contributed by atoms with Crippen LogP contribution in [0.4, 0.5) is 16.5 Å². The zero-order valence-corrected chi connectivity index (χ0v) is 14.8. The SMILES string of the molecule is Cc1cc(N(C)CCCOS(=O)(=O)O)ccc1N=Nc1nncs1. The highest BCUT2D eigenvalue weighted by Gasteiger charge is 2.07. The Morgan fingerprint density at radius 1 is 1.38 bits per heavy atom. The van der Waals surface area contributed by atoms with Gasteiger partial charge in [-0.2, -0.15) is 8.42 Å². The van der Waals surface area contributed by atoms with Crippen molar-refractivity contribution in [1.82, 2.24) is 10.2 Å². The molecule has 0 aliphatic heterocycles. The highest BCUT2D eigenvalue weighted by molar-refractivity contribution is 7.80. The lowest BCUT2D eigenvalue weighted by atomic mass is 10.1. The molecule has 9 nitrogen and oxygen atoms in total. The molecule has 0 fully saturated rings. The minimum absolute atomic E-state index is 0.0731. The number of anilines is 1. The number of hydrogen-bond donors (Lipinski definition) is 1. The van der Waals surface area contributed by atoms with E-state index in [1.54, 1.807) is 5.51 Å². The molecule has 0 spiro atoms. The lowest BCUT2D eigenvalue weighted by Crippen LogP contribution is -2.20. The van der Waals surface area contributed by atoms with Crippen LogP contribution in [0, 0.1) is 6.92 Å². The summed E-state index contributed by atoms with van der Waals surface area (Å²) in [6.07, 6.45) is 0.452. The van der Waals surface area contributed by atoms with Gasteiger partial charge in [-0.25, -0.2) is 4.18 Å². The molecule has 24 heavy (non-hydrogen) atoms. The van der Waals surface area contributed by atoms with Crippen molar-refractivity contribution >= 4 is 38.2 Å². The van der Waals surface area contributed by atoms with Crippen molar-refractivity contribution in [3.05, 3.63) is 29.3 Å². The number of rotatable bonds is 8. The summed E-state index contributed by atoms with van der Waals surface area (Å²) in [4.78, 5) is 1.95. The van der Waals surface area contributed by atoms with Crippen LogP contribution in [0.1, 0.15) is 12.0 Å². The molecule has 1 heterocycles. The molecule has 0 bridgehead atoms. The lowest BCUT2D eigenvalue weighted by molar-refractivity contribution is 0.266. The van der Waals surface area contributed by atoms with Gasteiger partial charge in [-0.05, 0) is 37.1 Å². The maximum atomic E-state index is 10.5. The van der Waals surface area contributed by atoms with E-state index >= 15 is 0 Å². The maximum absolute atomic E-state index is 10.5. The summed E-state index contributed by atoms with van der Waals surface area (Å²) < 4.78 is 33.7. The molecule has 1 aromatic carbocycles. The van der Waals surface area contributed by atoms with Crippen molar-refractivity contribution in [2.24, 2.45) is 10.2 Å². The predicted octanol–water partition coefficient (Wildman–Crippen LogP) is 2.91. The van der Waals surface area contributed by atoms with Crippen LogP contribution in [0.25, 0.3) is 0 Å². The first kappa shape index (κ1) is 18.4. The zero-order valence-electron chi connectivity index (χ0n) is 13.2. The van der Waals surface area contributed by atoms with Gasteiger partial charge >= 0.3 is 10.4 Å². The summed E-state index contributed by atoms with van der Waals surface area (Å²) >= 11 is 1.31. The topological polar surface area (TPSA) is 117 Å². The number of aryl methyl sites for hydroxylation is 1. The molecular formula is C13H17N5O4S2. The van der Waals surface area contributed by atoms with Gasteiger partial charge in [-0.3, -0.25) is 4.55 Å². The second-order valence-corrected chi connectivity index (χ2v) is 6.82. The van der Waals surface area contributed by atoms with Crippen molar-refractivity contribution in [3.8, 4) is 0 Å². The minimum atomic E-state index is -4.37. The smallest absolute Gasteiger partial charge is 0.375 e. The molecule has 0 aliphatic rings. The molecule has 11 heteroatoms. The third-order valence-corrected chi connectivity index (χ3v) is 4.12. The van der Waals surface area contributed by atoms with Crippen LogP contribution in [0.5, 0.6) is 0 Å². The van der Waals surface area contributed by atoms with Crippen LogP contribution in [0.15, 0.2) is 33.9 Å². The first-order valence-corrected chi connectivity index (χ1v) is 9.21. The van der Waals surface area contributed by atoms with Gasteiger partial charge in [0.25, 0.3) is 5.13 Å². The van der Waals surface area contributed by atoms with E-state index in [2.05, 4.69) is 24.6 Å². The molecule has 0 saturated carbocycles. The summed E-state index contributed by atoms with van der Waals surface area (Å²) in [6, 6.07) is 5.70. The average Bonchev–Trinajstić information content (AvgIpc) is 3.02. The quantitative estimate of drug-likeness (QED) is 0.430. The van der Waals surface area contributed by atoms with Crippen LogP contribution in [0.3, 0.4) is 0 Å². The Labute approximate surface area is 144 Å². The fraction of sp³-hybridized carbons (Fsp3) is 0.385. The minimum Gasteiger partial charge on any atom is -0.375 e. The molecule has 1 N–H and O–H groups in total. The van der Waals surface area contributed by atoms with Crippen molar-refractivity contribution in [2.45, 2.75) is 13.3 Å². The largest absolute Gasteiger partial charge is 0.397 e. The third-order valence-electron chi connectivity index (χ3n) is 3.08. The van der Waals surface area contributed by atoms with Gasteiger partial charge in [0.1, 0.15) is 5.51 Å². The Morgan fingerprint density at radius 3 is 2.79 bits per heavy atom. The summed E-state index contributed by atoms with van der Waals surface area (Å²) in [5.74, 6) is 0. The molecule has 0 aliphatic carbocycles. The third kappa shape index (κ3) is 5.92.